The monoisotopic (exact) mass is 298 g/mol. The molecule has 1 aromatic heterocycles. The summed E-state index contributed by atoms with van der Waals surface area (Å²) in [5, 5.41) is 3.74. The second-order valence-electron chi connectivity index (χ2n) is 3.27. The number of aromatic nitrogens is 2. The minimum atomic E-state index is -0.531. The molecule has 3 nitrogen and oxygen atoms in total. The third-order valence-corrected chi connectivity index (χ3v) is 3.30. The summed E-state index contributed by atoms with van der Waals surface area (Å²) in [4.78, 5) is 11.3. The quantitative estimate of drug-likeness (QED) is 0.797. The first kappa shape index (κ1) is 11.4. The van der Waals surface area contributed by atoms with E-state index in [2.05, 4.69) is 21.0 Å². The molecule has 5 heteroatoms. The van der Waals surface area contributed by atoms with Crippen LogP contribution in [-0.4, -0.2) is 15.0 Å². The van der Waals surface area contributed by atoms with E-state index in [-0.39, 0.29) is 0 Å². The standard InChI is InChI=1S/C11H8BrClN2O/c1-7-9(12)10(11(13)16)15(14-7)8-5-3-2-4-6-8/h2-6H,1H3. The Labute approximate surface area is 106 Å². The number of hydrogen-bond donors (Lipinski definition) is 0. The maximum absolute atomic E-state index is 11.3. The lowest BCUT2D eigenvalue weighted by atomic mass is 10.3. The highest BCUT2D eigenvalue weighted by Crippen LogP contribution is 2.25. The normalized spacial score (nSPS) is 10.4. The number of aryl methyl sites for hydroxylation is 1. The van der Waals surface area contributed by atoms with Gasteiger partial charge in [0.2, 0.25) is 0 Å². The maximum Gasteiger partial charge on any atom is 0.272 e. The molecule has 1 heterocycles. The molecule has 2 rings (SSSR count). The average molecular weight is 300 g/mol. The summed E-state index contributed by atoms with van der Waals surface area (Å²) in [6.07, 6.45) is 0. The molecule has 2 aromatic rings. The summed E-state index contributed by atoms with van der Waals surface area (Å²) in [6.45, 7) is 1.81. The number of benzene rings is 1. The lowest BCUT2D eigenvalue weighted by molar-refractivity contribution is 0.107. The van der Waals surface area contributed by atoms with Gasteiger partial charge in [-0.3, -0.25) is 4.79 Å². The van der Waals surface area contributed by atoms with Crippen molar-refractivity contribution in [3.05, 3.63) is 46.2 Å². The molecular weight excluding hydrogens is 291 g/mol. The maximum atomic E-state index is 11.3. The van der Waals surface area contributed by atoms with Gasteiger partial charge in [-0.1, -0.05) is 18.2 Å². The van der Waals surface area contributed by atoms with Gasteiger partial charge in [-0.05, 0) is 46.6 Å². The van der Waals surface area contributed by atoms with E-state index in [9.17, 15) is 4.79 Å². The highest BCUT2D eigenvalue weighted by atomic mass is 79.9. The lowest BCUT2D eigenvalue weighted by Crippen LogP contribution is -2.04. The Morgan fingerprint density at radius 2 is 2.00 bits per heavy atom. The Bertz CT molecular complexity index is 536. The van der Waals surface area contributed by atoms with E-state index in [0.717, 1.165) is 11.4 Å². The zero-order chi connectivity index (χ0) is 11.7. The third-order valence-electron chi connectivity index (χ3n) is 2.17. The molecule has 0 aliphatic carbocycles. The van der Waals surface area contributed by atoms with Gasteiger partial charge in [0.05, 0.1) is 15.9 Å². The second-order valence-corrected chi connectivity index (χ2v) is 4.41. The van der Waals surface area contributed by atoms with Crippen LogP contribution in [0.5, 0.6) is 0 Å². The van der Waals surface area contributed by atoms with Crippen molar-refractivity contribution >= 4 is 32.8 Å². The Kier molecular flexibility index (Phi) is 3.12. The van der Waals surface area contributed by atoms with Gasteiger partial charge in [0.25, 0.3) is 5.24 Å². The lowest BCUT2D eigenvalue weighted by Gasteiger charge is -2.03. The topological polar surface area (TPSA) is 34.9 Å². The van der Waals surface area contributed by atoms with E-state index in [1.807, 2.05) is 37.3 Å². The van der Waals surface area contributed by atoms with Crippen LogP contribution in [0.1, 0.15) is 16.2 Å². The largest absolute Gasteiger partial charge is 0.274 e. The molecule has 0 bridgehead atoms. The molecule has 82 valence electrons. The zero-order valence-corrected chi connectivity index (χ0v) is 10.8. The van der Waals surface area contributed by atoms with Crippen molar-refractivity contribution < 1.29 is 4.79 Å². The number of rotatable bonds is 2. The predicted molar refractivity (Wildman–Crippen MR) is 66.2 cm³/mol. The molecule has 0 spiro atoms. The number of nitrogens with zero attached hydrogens (tertiary/aromatic N) is 2. The summed E-state index contributed by atoms with van der Waals surface area (Å²) in [5.41, 5.74) is 1.89. The van der Waals surface area contributed by atoms with Crippen molar-refractivity contribution in [2.24, 2.45) is 0 Å². The van der Waals surface area contributed by atoms with Crippen LogP contribution in [-0.2, 0) is 0 Å². The van der Waals surface area contributed by atoms with Crippen molar-refractivity contribution in [2.45, 2.75) is 6.92 Å². The van der Waals surface area contributed by atoms with Gasteiger partial charge in [0.15, 0.2) is 0 Å². The minimum absolute atomic E-state index is 0.352. The van der Waals surface area contributed by atoms with E-state index in [0.29, 0.717) is 10.2 Å². The first-order valence-corrected chi connectivity index (χ1v) is 5.78. The van der Waals surface area contributed by atoms with Gasteiger partial charge in [-0.15, -0.1) is 0 Å². The fourth-order valence-corrected chi connectivity index (χ4v) is 2.15. The highest BCUT2D eigenvalue weighted by molar-refractivity contribution is 9.10. The molecule has 0 radical (unpaired) electrons. The van der Waals surface area contributed by atoms with Crippen LogP contribution in [0, 0.1) is 6.92 Å². The molecule has 0 unspecified atom stereocenters. The first-order chi connectivity index (χ1) is 7.61. The molecule has 0 saturated carbocycles. The fraction of sp³-hybridized carbons (Fsp3) is 0.0909. The summed E-state index contributed by atoms with van der Waals surface area (Å²) in [7, 11) is 0. The van der Waals surface area contributed by atoms with Crippen molar-refractivity contribution in [2.75, 3.05) is 0 Å². The fourth-order valence-electron chi connectivity index (χ4n) is 1.43. The summed E-state index contributed by atoms with van der Waals surface area (Å²) < 4.78 is 2.17. The van der Waals surface area contributed by atoms with Crippen LogP contribution in [0.15, 0.2) is 34.8 Å². The number of hydrogen-bond acceptors (Lipinski definition) is 2. The number of halogens is 2. The molecule has 0 saturated heterocycles. The first-order valence-electron chi connectivity index (χ1n) is 4.61. The van der Waals surface area contributed by atoms with Crippen LogP contribution in [0.2, 0.25) is 0 Å². The Morgan fingerprint density at radius 3 is 2.56 bits per heavy atom. The van der Waals surface area contributed by atoms with Gasteiger partial charge < -0.3 is 0 Å². The SMILES string of the molecule is Cc1nn(-c2ccccc2)c(C(=O)Cl)c1Br. The molecule has 16 heavy (non-hydrogen) atoms. The van der Waals surface area contributed by atoms with E-state index >= 15 is 0 Å². The Morgan fingerprint density at radius 1 is 1.38 bits per heavy atom. The zero-order valence-electron chi connectivity index (χ0n) is 8.45. The molecular formula is C11H8BrClN2O. The van der Waals surface area contributed by atoms with Gasteiger partial charge in [0, 0.05) is 0 Å². The van der Waals surface area contributed by atoms with Crippen LogP contribution in [0.4, 0.5) is 0 Å². The molecule has 0 aliphatic rings. The van der Waals surface area contributed by atoms with Crippen LogP contribution >= 0.6 is 27.5 Å². The van der Waals surface area contributed by atoms with E-state index in [1.54, 1.807) is 0 Å². The molecule has 0 aliphatic heterocycles. The summed E-state index contributed by atoms with van der Waals surface area (Å²) >= 11 is 8.86. The van der Waals surface area contributed by atoms with Crippen LogP contribution < -0.4 is 0 Å². The second kappa shape index (κ2) is 4.39. The van der Waals surface area contributed by atoms with Crippen molar-refractivity contribution in [1.82, 2.24) is 9.78 Å². The molecule has 0 atom stereocenters. The third kappa shape index (κ3) is 1.90. The molecule has 0 fully saturated rings. The van der Waals surface area contributed by atoms with E-state index in [1.165, 1.54) is 4.68 Å². The number of carbonyl (C=O) groups excluding carboxylic acids is 1. The van der Waals surface area contributed by atoms with Crippen LogP contribution in [0.25, 0.3) is 5.69 Å². The van der Waals surface area contributed by atoms with Gasteiger partial charge in [0.1, 0.15) is 5.69 Å². The molecule has 0 N–H and O–H groups in total. The predicted octanol–water partition coefficient (Wildman–Crippen LogP) is 3.32. The van der Waals surface area contributed by atoms with Crippen molar-refractivity contribution in [1.29, 1.82) is 0 Å². The Hall–Kier alpha value is -1.13. The smallest absolute Gasteiger partial charge is 0.272 e. The van der Waals surface area contributed by atoms with Gasteiger partial charge in [-0.25, -0.2) is 4.68 Å². The Balaban J connectivity index is 2.66. The van der Waals surface area contributed by atoms with Crippen LogP contribution in [0.3, 0.4) is 0 Å². The average Bonchev–Trinajstić information content (AvgIpc) is 2.57. The summed E-state index contributed by atoms with van der Waals surface area (Å²) in [5.74, 6) is 0. The number of carbonyl (C=O) groups is 1. The summed E-state index contributed by atoms with van der Waals surface area (Å²) in [6, 6.07) is 9.38. The molecule has 0 amide bonds. The van der Waals surface area contributed by atoms with Crippen molar-refractivity contribution in [3.63, 3.8) is 0 Å². The van der Waals surface area contributed by atoms with E-state index in [4.69, 9.17) is 11.6 Å². The highest BCUT2D eigenvalue weighted by Gasteiger charge is 2.19. The number of para-hydroxylation sites is 1. The van der Waals surface area contributed by atoms with E-state index < -0.39 is 5.24 Å². The minimum Gasteiger partial charge on any atom is -0.274 e. The van der Waals surface area contributed by atoms with Gasteiger partial charge >= 0.3 is 0 Å². The van der Waals surface area contributed by atoms with Crippen molar-refractivity contribution in [3.8, 4) is 5.69 Å². The van der Waals surface area contributed by atoms with Gasteiger partial charge in [-0.2, -0.15) is 5.10 Å². The molecule has 1 aromatic carbocycles.